The Morgan fingerprint density at radius 2 is 1.82 bits per heavy atom. The van der Waals surface area contributed by atoms with Gasteiger partial charge in [0.15, 0.2) is 0 Å². The number of nitrogens with one attached hydrogen (secondary N) is 2. The van der Waals surface area contributed by atoms with Gasteiger partial charge in [-0.25, -0.2) is 4.79 Å². The number of phenols is 1. The van der Waals surface area contributed by atoms with Crippen LogP contribution in [0.3, 0.4) is 0 Å². The standard InChI is InChI=1S/C27H41N3O7S/c1-7-36-22(32)12-14-28-24(33)23(18-8-10-19(31)11-9-18)30(21-16-17(21)2)25(34)20(13-15-38-6)29-26(35)37-27(3,4)5/h8-11,17,20-21,23,31H,7,12-16H2,1-6H3,(H,28,33)(H,29,35). The lowest BCUT2D eigenvalue weighted by Crippen LogP contribution is -2.54. The molecule has 1 aromatic rings. The number of phenolic OH excluding ortho intramolecular Hbond substituents is 1. The Balaban J connectivity index is 2.39. The second kappa shape index (κ2) is 14.3. The highest BCUT2D eigenvalue weighted by molar-refractivity contribution is 7.98. The molecule has 11 heteroatoms. The first-order valence-electron chi connectivity index (χ1n) is 12.9. The van der Waals surface area contributed by atoms with E-state index in [1.807, 2.05) is 13.2 Å². The SMILES string of the molecule is CCOC(=O)CCNC(=O)C(c1ccc(O)cc1)N(C(=O)C(CCSC)NC(=O)OC(C)(C)C)C1CC1C. The van der Waals surface area contributed by atoms with Crippen molar-refractivity contribution >= 4 is 35.6 Å². The summed E-state index contributed by atoms with van der Waals surface area (Å²) in [5.74, 6) is -0.496. The van der Waals surface area contributed by atoms with Crippen molar-refractivity contribution in [2.75, 3.05) is 25.2 Å². The van der Waals surface area contributed by atoms with Gasteiger partial charge in [0.2, 0.25) is 11.8 Å². The van der Waals surface area contributed by atoms with Crippen LogP contribution in [0.1, 0.15) is 65.5 Å². The van der Waals surface area contributed by atoms with Crippen molar-refractivity contribution in [2.45, 2.75) is 77.6 Å². The van der Waals surface area contributed by atoms with E-state index in [1.165, 1.54) is 12.1 Å². The number of nitrogens with zero attached hydrogens (tertiary/aromatic N) is 1. The Morgan fingerprint density at radius 3 is 2.34 bits per heavy atom. The largest absolute Gasteiger partial charge is 0.508 e. The summed E-state index contributed by atoms with van der Waals surface area (Å²) < 4.78 is 10.3. The highest BCUT2D eigenvalue weighted by Gasteiger charge is 2.48. The lowest BCUT2D eigenvalue weighted by molar-refractivity contribution is -0.145. The van der Waals surface area contributed by atoms with E-state index in [-0.39, 0.29) is 37.3 Å². The van der Waals surface area contributed by atoms with E-state index in [0.29, 0.717) is 24.2 Å². The molecule has 0 radical (unpaired) electrons. The summed E-state index contributed by atoms with van der Waals surface area (Å²) in [5, 5.41) is 15.3. The molecule has 0 saturated heterocycles. The van der Waals surface area contributed by atoms with Gasteiger partial charge < -0.3 is 30.1 Å². The van der Waals surface area contributed by atoms with Gasteiger partial charge in [0, 0.05) is 12.6 Å². The maximum atomic E-state index is 14.1. The zero-order valence-electron chi connectivity index (χ0n) is 23.1. The van der Waals surface area contributed by atoms with Crippen LogP contribution in [0.4, 0.5) is 4.79 Å². The van der Waals surface area contributed by atoms with Gasteiger partial charge in [-0.1, -0.05) is 19.1 Å². The number of aromatic hydroxyl groups is 1. The Labute approximate surface area is 229 Å². The zero-order valence-corrected chi connectivity index (χ0v) is 23.9. The van der Waals surface area contributed by atoms with Gasteiger partial charge in [-0.15, -0.1) is 0 Å². The number of hydrogen-bond donors (Lipinski definition) is 3. The smallest absolute Gasteiger partial charge is 0.408 e. The fraction of sp³-hybridized carbons (Fsp3) is 0.630. The normalized spacial score (nSPS) is 18.1. The topological polar surface area (TPSA) is 134 Å². The molecule has 4 unspecified atom stereocenters. The summed E-state index contributed by atoms with van der Waals surface area (Å²) in [6.07, 6.45) is 2.25. The minimum absolute atomic E-state index is 0.00773. The molecule has 1 saturated carbocycles. The van der Waals surface area contributed by atoms with E-state index in [2.05, 4.69) is 10.6 Å². The van der Waals surface area contributed by atoms with E-state index >= 15 is 0 Å². The molecule has 1 aliphatic carbocycles. The molecule has 0 aliphatic heterocycles. The fourth-order valence-electron chi connectivity index (χ4n) is 4.01. The first-order chi connectivity index (χ1) is 17.9. The van der Waals surface area contributed by atoms with Crippen LogP contribution in [0.5, 0.6) is 5.75 Å². The highest BCUT2D eigenvalue weighted by Crippen LogP contribution is 2.41. The summed E-state index contributed by atoms with van der Waals surface area (Å²) in [7, 11) is 0. The number of carbonyl (C=O) groups is 4. The van der Waals surface area contributed by atoms with Gasteiger partial charge in [-0.3, -0.25) is 14.4 Å². The molecule has 0 spiro atoms. The summed E-state index contributed by atoms with van der Waals surface area (Å²) in [6.45, 7) is 9.21. The minimum atomic E-state index is -1.03. The van der Waals surface area contributed by atoms with Crippen molar-refractivity contribution in [1.29, 1.82) is 0 Å². The van der Waals surface area contributed by atoms with Crippen LogP contribution in [-0.2, 0) is 23.9 Å². The van der Waals surface area contributed by atoms with Crippen molar-refractivity contribution in [3.8, 4) is 5.75 Å². The first-order valence-corrected chi connectivity index (χ1v) is 14.3. The molecular formula is C27H41N3O7S. The van der Waals surface area contributed by atoms with Crippen molar-refractivity contribution in [3.05, 3.63) is 29.8 Å². The third-order valence-electron chi connectivity index (χ3n) is 5.95. The summed E-state index contributed by atoms with van der Waals surface area (Å²) in [5.41, 5.74) is -0.236. The van der Waals surface area contributed by atoms with E-state index in [9.17, 15) is 24.3 Å². The minimum Gasteiger partial charge on any atom is -0.508 e. The van der Waals surface area contributed by atoms with E-state index in [0.717, 1.165) is 0 Å². The molecule has 0 heterocycles. The molecule has 1 fully saturated rings. The molecule has 212 valence electrons. The molecule has 2 rings (SSSR count). The van der Waals surface area contributed by atoms with Crippen LogP contribution in [0.2, 0.25) is 0 Å². The van der Waals surface area contributed by atoms with Crippen LogP contribution in [0, 0.1) is 5.92 Å². The predicted octanol–water partition coefficient (Wildman–Crippen LogP) is 3.39. The first kappa shape index (κ1) is 31.3. The Hall–Kier alpha value is -2.95. The monoisotopic (exact) mass is 551 g/mol. The molecule has 10 nitrogen and oxygen atoms in total. The number of rotatable bonds is 13. The Morgan fingerprint density at radius 1 is 1.18 bits per heavy atom. The average Bonchev–Trinajstić information content (AvgIpc) is 3.55. The van der Waals surface area contributed by atoms with Crippen LogP contribution < -0.4 is 10.6 Å². The van der Waals surface area contributed by atoms with Crippen molar-refractivity contribution < 1.29 is 33.8 Å². The van der Waals surface area contributed by atoms with E-state index in [4.69, 9.17) is 9.47 Å². The lowest BCUT2D eigenvalue weighted by Gasteiger charge is -2.35. The molecular weight excluding hydrogens is 510 g/mol. The number of benzene rings is 1. The average molecular weight is 552 g/mol. The maximum absolute atomic E-state index is 14.1. The number of ether oxygens (including phenoxy) is 2. The van der Waals surface area contributed by atoms with E-state index < -0.39 is 41.6 Å². The van der Waals surface area contributed by atoms with Crippen LogP contribution >= 0.6 is 11.8 Å². The molecule has 4 atom stereocenters. The summed E-state index contributed by atoms with van der Waals surface area (Å²) in [6, 6.07) is 3.95. The van der Waals surface area contributed by atoms with Gasteiger partial charge in [-0.2, -0.15) is 11.8 Å². The van der Waals surface area contributed by atoms with Gasteiger partial charge in [0.25, 0.3) is 0 Å². The predicted molar refractivity (Wildman–Crippen MR) is 146 cm³/mol. The lowest BCUT2D eigenvalue weighted by atomic mass is 10.0. The molecule has 3 amide bonds. The molecule has 1 aromatic carbocycles. The number of amides is 3. The van der Waals surface area contributed by atoms with Gasteiger partial charge >= 0.3 is 12.1 Å². The number of alkyl carbamates (subject to hydrolysis) is 1. The van der Waals surface area contributed by atoms with Crippen LogP contribution in [0.25, 0.3) is 0 Å². The van der Waals surface area contributed by atoms with E-state index in [1.54, 1.807) is 56.5 Å². The van der Waals surface area contributed by atoms with Crippen molar-refractivity contribution in [2.24, 2.45) is 5.92 Å². The number of hydrogen-bond acceptors (Lipinski definition) is 8. The summed E-state index contributed by atoms with van der Waals surface area (Å²) in [4.78, 5) is 53.6. The van der Waals surface area contributed by atoms with Crippen LogP contribution in [0.15, 0.2) is 24.3 Å². The molecule has 0 bridgehead atoms. The van der Waals surface area contributed by atoms with Crippen molar-refractivity contribution in [3.63, 3.8) is 0 Å². The number of thioether (sulfide) groups is 1. The highest BCUT2D eigenvalue weighted by atomic mass is 32.2. The quantitative estimate of drug-likeness (QED) is 0.318. The third-order valence-corrected chi connectivity index (χ3v) is 6.59. The van der Waals surface area contributed by atoms with Gasteiger partial charge in [-0.05, 0) is 76.2 Å². The molecule has 1 aliphatic rings. The van der Waals surface area contributed by atoms with Crippen LogP contribution in [-0.4, -0.2) is 76.7 Å². The summed E-state index contributed by atoms with van der Waals surface area (Å²) >= 11 is 1.54. The van der Waals surface area contributed by atoms with Crippen molar-refractivity contribution in [1.82, 2.24) is 15.5 Å². The maximum Gasteiger partial charge on any atom is 0.408 e. The van der Waals surface area contributed by atoms with Gasteiger partial charge in [0.05, 0.1) is 13.0 Å². The second-order valence-corrected chi connectivity index (χ2v) is 11.3. The van der Waals surface area contributed by atoms with Gasteiger partial charge in [0.1, 0.15) is 23.4 Å². The number of carbonyl (C=O) groups excluding carboxylic acids is 4. The molecule has 38 heavy (non-hydrogen) atoms. The number of esters is 1. The Bertz CT molecular complexity index is 964. The Kier molecular flexibility index (Phi) is 11.7. The second-order valence-electron chi connectivity index (χ2n) is 10.3. The fourth-order valence-corrected chi connectivity index (χ4v) is 4.48. The zero-order chi connectivity index (χ0) is 28.5. The molecule has 3 N–H and O–H groups in total. The third kappa shape index (κ3) is 9.74. The molecule has 0 aromatic heterocycles.